The minimum absolute atomic E-state index is 0. The number of hydrogen-bond donors (Lipinski definition) is 1. The minimum atomic E-state index is -0.0708. The maximum Gasteiger partial charge on any atom is 0.324 e. The molecule has 0 aromatic heterocycles. The molecule has 0 radical (unpaired) electrons. The molecule has 4 rings (SSSR count). The monoisotopic (exact) mass is 490 g/mol. The second kappa shape index (κ2) is 10.3. The lowest BCUT2D eigenvalue weighted by atomic mass is 9.68. The predicted octanol–water partition coefficient (Wildman–Crippen LogP) is 4.54. The number of urea groups is 1. The molecule has 1 aliphatic heterocycles. The second-order valence-corrected chi connectivity index (χ2v) is 9.54. The van der Waals surface area contributed by atoms with Crippen molar-refractivity contribution in [3.05, 3.63) is 64.7 Å². The van der Waals surface area contributed by atoms with Gasteiger partial charge in [-0.25, -0.2) is 4.79 Å². The van der Waals surface area contributed by atoms with Crippen LogP contribution in [0, 0.1) is 0 Å². The Kier molecular flexibility index (Phi) is 7.93. The highest BCUT2D eigenvalue weighted by molar-refractivity contribution is 6.30. The Morgan fingerprint density at radius 2 is 1.79 bits per heavy atom. The third-order valence-corrected chi connectivity index (χ3v) is 7.29. The number of carbonyl (C=O) groups is 2. The van der Waals surface area contributed by atoms with Crippen LogP contribution in [0.15, 0.2) is 48.5 Å². The lowest BCUT2D eigenvalue weighted by molar-refractivity contribution is 0.0827. The summed E-state index contributed by atoms with van der Waals surface area (Å²) in [5.74, 6) is -0.0452. The Hall–Kier alpha value is -2.28. The van der Waals surface area contributed by atoms with Gasteiger partial charge in [0.05, 0.1) is 0 Å². The van der Waals surface area contributed by atoms with Crippen molar-refractivity contribution in [3.63, 3.8) is 0 Å². The molecule has 0 unspecified atom stereocenters. The van der Waals surface area contributed by atoms with Crippen LogP contribution < -0.4 is 10.6 Å². The third kappa shape index (κ3) is 4.98. The standard InChI is InChI=1S/C25H31ClN4O2.ClH/c1-28(2)23(31)18-6-8-21(9-7-18)29-14-15-30(24(29)32)22-10-12-25(17-27,13-11-22)19-4-3-5-20(26)16-19;/h3-9,16,22H,10-15,17,27H2,1-2H3;1H/t22-,25+;. The normalized spacial score (nSPS) is 22.8. The van der Waals surface area contributed by atoms with Crippen LogP contribution in [-0.4, -0.2) is 61.5 Å². The Labute approximate surface area is 207 Å². The van der Waals surface area contributed by atoms with Crippen molar-refractivity contribution in [1.29, 1.82) is 0 Å². The first-order valence-corrected chi connectivity index (χ1v) is 11.6. The van der Waals surface area contributed by atoms with Gasteiger partial charge in [0.2, 0.25) is 0 Å². The summed E-state index contributed by atoms with van der Waals surface area (Å²) in [6.07, 6.45) is 3.75. The first-order valence-electron chi connectivity index (χ1n) is 11.2. The molecule has 0 bridgehead atoms. The van der Waals surface area contributed by atoms with Crippen molar-refractivity contribution in [2.75, 3.05) is 38.6 Å². The van der Waals surface area contributed by atoms with Gasteiger partial charge < -0.3 is 15.5 Å². The summed E-state index contributed by atoms with van der Waals surface area (Å²) in [4.78, 5) is 30.7. The van der Waals surface area contributed by atoms with Crippen LogP contribution in [0.5, 0.6) is 0 Å². The molecule has 0 atom stereocenters. The summed E-state index contributed by atoms with van der Waals surface area (Å²) in [6.45, 7) is 1.96. The average molecular weight is 491 g/mol. The van der Waals surface area contributed by atoms with Crippen molar-refractivity contribution in [3.8, 4) is 0 Å². The number of benzene rings is 2. The van der Waals surface area contributed by atoms with Crippen molar-refractivity contribution in [2.45, 2.75) is 37.1 Å². The molecule has 2 N–H and O–H groups in total. The summed E-state index contributed by atoms with van der Waals surface area (Å²) in [5, 5.41) is 0.737. The zero-order valence-corrected chi connectivity index (χ0v) is 20.7. The maximum absolute atomic E-state index is 13.2. The summed E-state index contributed by atoms with van der Waals surface area (Å²) >= 11 is 6.23. The molecule has 2 fully saturated rings. The molecule has 33 heavy (non-hydrogen) atoms. The summed E-state index contributed by atoms with van der Waals surface area (Å²) in [5.41, 5.74) is 8.82. The Bertz CT molecular complexity index is 988. The van der Waals surface area contributed by atoms with Gasteiger partial charge in [0.25, 0.3) is 5.91 Å². The van der Waals surface area contributed by atoms with E-state index in [1.807, 2.05) is 40.1 Å². The van der Waals surface area contributed by atoms with Crippen LogP contribution >= 0.6 is 24.0 Å². The molecule has 178 valence electrons. The number of hydrogen-bond acceptors (Lipinski definition) is 3. The van der Waals surface area contributed by atoms with E-state index in [4.69, 9.17) is 17.3 Å². The SMILES string of the molecule is CN(C)C(=O)c1ccc(N2CCN([C@H]3CC[C@@](CN)(c4cccc(Cl)c4)CC3)C2=O)cc1.Cl. The molecule has 3 amide bonds. The van der Waals surface area contributed by atoms with Crippen LogP contribution in [-0.2, 0) is 5.41 Å². The van der Waals surface area contributed by atoms with E-state index < -0.39 is 0 Å². The summed E-state index contributed by atoms with van der Waals surface area (Å²) in [6, 6.07) is 15.6. The molecule has 1 heterocycles. The van der Waals surface area contributed by atoms with Gasteiger partial charge in [0.1, 0.15) is 0 Å². The van der Waals surface area contributed by atoms with E-state index in [-0.39, 0.29) is 35.8 Å². The van der Waals surface area contributed by atoms with E-state index in [2.05, 4.69) is 6.07 Å². The van der Waals surface area contributed by atoms with Crippen molar-refractivity contribution in [1.82, 2.24) is 9.80 Å². The molecule has 1 saturated carbocycles. The highest BCUT2D eigenvalue weighted by Crippen LogP contribution is 2.41. The largest absolute Gasteiger partial charge is 0.345 e. The summed E-state index contributed by atoms with van der Waals surface area (Å²) in [7, 11) is 3.46. The highest BCUT2D eigenvalue weighted by atomic mass is 35.5. The fraction of sp³-hybridized carbons (Fsp3) is 0.440. The van der Waals surface area contributed by atoms with Gasteiger partial charge >= 0.3 is 6.03 Å². The van der Waals surface area contributed by atoms with Gasteiger partial charge in [0, 0.05) is 61.5 Å². The maximum atomic E-state index is 13.2. The average Bonchev–Trinajstić information content (AvgIpc) is 3.20. The van der Waals surface area contributed by atoms with Crippen molar-refractivity contribution >= 4 is 41.6 Å². The minimum Gasteiger partial charge on any atom is -0.345 e. The second-order valence-electron chi connectivity index (χ2n) is 9.10. The number of carbonyl (C=O) groups excluding carboxylic acids is 2. The van der Waals surface area contributed by atoms with Gasteiger partial charge in [-0.3, -0.25) is 9.69 Å². The van der Waals surface area contributed by atoms with E-state index in [1.54, 1.807) is 31.1 Å². The fourth-order valence-corrected chi connectivity index (χ4v) is 5.26. The third-order valence-electron chi connectivity index (χ3n) is 7.05. The predicted molar refractivity (Wildman–Crippen MR) is 136 cm³/mol. The quantitative estimate of drug-likeness (QED) is 0.668. The van der Waals surface area contributed by atoms with Crippen LogP contribution in [0.2, 0.25) is 5.02 Å². The van der Waals surface area contributed by atoms with Crippen molar-refractivity contribution in [2.24, 2.45) is 5.73 Å². The van der Waals surface area contributed by atoms with Gasteiger partial charge in [-0.15, -0.1) is 12.4 Å². The first-order chi connectivity index (χ1) is 15.3. The van der Waals surface area contributed by atoms with Crippen LogP contribution in [0.25, 0.3) is 0 Å². The number of nitrogens with zero attached hydrogens (tertiary/aromatic N) is 3. The molecule has 0 spiro atoms. The van der Waals surface area contributed by atoms with Crippen LogP contribution in [0.1, 0.15) is 41.6 Å². The van der Waals surface area contributed by atoms with Gasteiger partial charge in [-0.1, -0.05) is 23.7 Å². The van der Waals surface area contributed by atoms with E-state index >= 15 is 0 Å². The Morgan fingerprint density at radius 1 is 1.12 bits per heavy atom. The lowest BCUT2D eigenvalue weighted by Gasteiger charge is -2.42. The first kappa shape index (κ1) is 25.3. The van der Waals surface area contributed by atoms with E-state index in [9.17, 15) is 9.59 Å². The lowest BCUT2D eigenvalue weighted by Crippen LogP contribution is -2.46. The van der Waals surface area contributed by atoms with E-state index in [1.165, 1.54) is 5.56 Å². The fourth-order valence-electron chi connectivity index (χ4n) is 5.07. The number of anilines is 1. The van der Waals surface area contributed by atoms with E-state index in [0.29, 0.717) is 25.2 Å². The molecule has 2 aliphatic rings. The molecule has 6 nitrogen and oxygen atoms in total. The Morgan fingerprint density at radius 3 is 2.36 bits per heavy atom. The van der Waals surface area contributed by atoms with E-state index in [0.717, 1.165) is 36.4 Å². The molecular weight excluding hydrogens is 459 g/mol. The Balaban J connectivity index is 0.00000306. The smallest absolute Gasteiger partial charge is 0.324 e. The number of rotatable bonds is 5. The number of halogens is 2. The molecule has 1 aliphatic carbocycles. The van der Waals surface area contributed by atoms with Crippen LogP contribution in [0.3, 0.4) is 0 Å². The molecular formula is C25H32Cl2N4O2. The van der Waals surface area contributed by atoms with Gasteiger partial charge in [0.15, 0.2) is 0 Å². The molecule has 2 aromatic rings. The molecule has 1 saturated heterocycles. The highest BCUT2D eigenvalue weighted by Gasteiger charge is 2.41. The number of nitrogens with two attached hydrogens (primary N) is 1. The van der Waals surface area contributed by atoms with Crippen LogP contribution in [0.4, 0.5) is 10.5 Å². The molecule has 8 heteroatoms. The topological polar surface area (TPSA) is 69.9 Å². The van der Waals surface area contributed by atoms with Gasteiger partial charge in [-0.05, 0) is 67.6 Å². The van der Waals surface area contributed by atoms with Gasteiger partial charge in [-0.2, -0.15) is 0 Å². The summed E-state index contributed by atoms with van der Waals surface area (Å²) < 4.78 is 0. The number of amides is 3. The zero-order valence-electron chi connectivity index (χ0n) is 19.2. The zero-order chi connectivity index (χ0) is 22.9. The van der Waals surface area contributed by atoms with Crippen molar-refractivity contribution < 1.29 is 9.59 Å². The molecule has 2 aromatic carbocycles.